The Kier molecular flexibility index (Phi) is 8.04. The van der Waals surface area contributed by atoms with E-state index in [9.17, 15) is 9.59 Å². The van der Waals surface area contributed by atoms with Crippen molar-refractivity contribution < 1.29 is 23.8 Å². The van der Waals surface area contributed by atoms with Crippen LogP contribution in [0.3, 0.4) is 0 Å². The van der Waals surface area contributed by atoms with Crippen LogP contribution >= 0.6 is 0 Å². The van der Waals surface area contributed by atoms with Crippen molar-refractivity contribution in [3.8, 4) is 5.75 Å². The summed E-state index contributed by atoms with van der Waals surface area (Å²) >= 11 is 0. The largest absolute Gasteiger partial charge is 0.478 e. The van der Waals surface area contributed by atoms with E-state index >= 15 is 0 Å². The van der Waals surface area contributed by atoms with Crippen LogP contribution in [0.4, 0.5) is 0 Å². The molecule has 5 heteroatoms. The van der Waals surface area contributed by atoms with Crippen molar-refractivity contribution in [3.05, 3.63) is 29.8 Å². The van der Waals surface area contributed by atoms with Crippen LogP contribution in [-0.2, 0) is 14.3 Å². The number of hydrogen-bond acceptors (Lipinski definition) is 5. The summed E-state index contributed by atoms with van der Waals surface area (Å²) in [6.45, 7) is 4.14. The number of rotatable bonds is 9. The van der Waals surface area contributed by atoms with Gasteiger partial charge in [0.05, 0.1) is 13.7 Å². The lowest BCUT2D eigenvalue weighted by Crippen LogP contribution is -2.30. The average molecular weight is 308 g/mol. The Labute approximate surface area is 131 Å². The zero-order chi connectivity index (χ0) is 16.4. The minimum absolute atomic E-state index is 0.297. The molecule has 0 aliphatic rings. The van der Waals surface area contributed by atoms with Crippen LogP contribution in [0.2, 0.25) is 0 Å². The molecular formula is C17H24O5. The third kappa shape index (κ3) is 5.39. The molecule has 1 rings (SSSR count). The topological polar surface area (TPSA) is 61.8 Å². The first-order valence-electron chi connectivity index (χ1n) is 7.64. The van der Waals surface area contributed by atoms with Gasteiger partial charge in [-0.15, -0.1) is 0 Å². The van der Waals surface area contributed by atoms with E-state index in [1.165, 1.54) is 7.11 Å². The number of hydrogen-bond donors (Lipinski definition) is 0. The maximum atomic E-state index is 12.0. The predicted molar refractivity (Wildman–Crippen MR) is 83.0 cm³/mol. The van der Waals surface area contributed by atoms with E-state index in [0.717, 1.165) is 19.3 Å². The first-order valence-corrected chi connectivity index (χ1v) is 7.64. The Morgan fingerprint density at radius 2 is 1.86 bits per heavy atom. The Morgan fingerprint density at radius 1 is 1.14 bits per heavy atom. The second-order valence-electron chi connectivity index (χ2n) is 4.84. The molecule has 0 heterocycles. The van der Waals surface area contributed by atoms with Crippen LogP contribution in [0, 0.1) is 0 Å². The van der Waals surface area contributed by atoms with Crippen molar-refractivity contribution in [2.45, 2.75) is 45.6 Å². The van der Waals surface area contributed by atoms with Gasteiger partial charge in [0.25, 0.3) is 0 Å². The van der Waals surface area contributed by atoms with Gasteiger partial charge < -0.3 is 14.2 Å². The lowest BCUT2D eigenvalue weighted by Gasteiger charge is -2.19. The number of unbranched alkanes of at least 4 members (excludes halogenated alkanes) is 2. The van der Waals surface area contributed by atoms with Gasteiger partial charge in [0, 0.05) is 0 Å². The smallest absolute Gasteiger partial charge is 0.347 e. The van der Waals surface area contributed by atoms with Crippen molar-refractivity contribution in [2.75, 3.05) is 13.7 Å². The monoisotopic (exact) mass is 308 g/mol. The summed E-state index contributed by atoms with van der Waals surface area (Å²) in [6.07, 6.45) is 2.77. The maximum absolute atomic E-state index is 12.0. The van der Waals surface area contributed by atoms with Crippen LogP contribution < -0.4 is 4.74 Å². The van der Waals surface area contributed by atoms with E-state index < -0.39 is 18.0 Å². The minimum atomic E-state index is -0.711. The van der Waals surface area contributed by atoms with Crippen molar-refractivity contribution in [1.29, 1.82) is 0 Å². The number of esters is 2. The van der Waals surface area contributed by atoms with Crippen LogP contribution in [0.1, 0.15) is 49.9 Å². The molecule has 1 unspecified atom stereocenters. The highest BCUT2D eigenvalue weighted by Gasteiger charge is 2.24. The molecule has 0 aliphatic heterocycles. The summed E-state index contributed by atoms with van der Waals surface area (Å²) in [4.78, 5) is 23.8. The van der Waals surface area contributed by atoms with Crippen molar-refractivity contribution in [3.63, 3.8) is 0 Å². The van der Waals surface area contributed by atoms with Crippen molar-refractivity contribution in [2.24, 2.45) is 0 Å². The zero-order valence-corrected chi connectivity index (χ0v) is 13.5. The third-order valence-electron chi connectivity index (χ3n) is 3.18. The molecule has 0 aliphatic carbocycles. The first kappa shape index (κ1) is 18.0. The first-order chi connectivity index (χ1) is 10.6. The van der Waals surface area contributed by atoms with Gasteiger partial charge in [0.2, 0.25) is 0 Å². The Balaban J connectivity index is 2.88. The highest BCUT2D eigenvalue weighted by molar-refractivity contribution is 5.92. The molecule has 1 aromatic carbocycles. The number of carbonyl (C=O) groups is 2. The normalized spacial score (nSPS) is 11.6. The molecule has 1 aromatic rings. The van der Waals surface area contributed by atoms with Gasteiger partial charge >= 0.3 is 11.9 Å². The molecular weight excluding hydrogens is 284 g/mol. The van der Waals surface area contributed by atoms with E-state index in [-0.39, 0.29) is 0 Å². The fourth-order valence-electron chi connectivity index (χ4n) is 2.04. The van der Waals surface area contributed by atoms with Crippen LogP contribution in [0.25, 0.3) is 0 Å². The van der Waals surface area contributed by atoms with Crippen LogP contribution in [0.15, 0.2) is 24.3 Å². The molecule has 0 fully saturated rings. The molecule has 0 saturated heterocycles. The standard InChI is InChI=1S/C17H24O5/c1-4-6-7-12-15(17(19)21-5-2)22-14-11-9-8-10-13(14)16(18)20-3/h8-11,15H,4-7,12H2,1-3H3. The van der Waals surface area contributed by atoms with Gasteiger partial charge in [0.15, 0.2) is 6.10 Å². The fraction of sp³-hybridized carbons (Fsp3) is 0.529. The molecule has 0 N–H and O–H groups in total. The summed E-state index contributed by atoms with van der Waals surface area (Å²) < 4.78 is 15.5. The molecule has 22 heavy (non-hydrogen) atoms. The quantitative estimate of drug-likeness (QED) is 0.517. The van der Waals surface area contributed by atoms with Gasteiger partial charge in [-0.2, -0.15) is 0 Å². The molecule has 0 spiro atoms. The summed E-state index contributed by atoms with van der Waals surface area (Å²) in [5.41, 5.74) is 0.301. The summed E-state index contributed by atoms with van der Waals surface area (Å²) in [5.74, 6) is -0.561. The van der Waals surface area contributed by atoms with Gasteiger partial charge in [-0.05, 0) is 31.9 Å². The van der Waals surface area contributed by atoms with E-state index in [4.69, 9.17) is 14.2 Å². The van der Waals surface area contributed by atoms with Gasteiger partial charge in [0.1, 0.15) is 11.3 Å². The number of ether oxygens (including phenoxy) is 3. The lowest BCUT2D eigenvalue weighted by atomic mass is 10.1. The fourth-order valence-corrected chi connectivity index (χ4v) is 2.04. The predicted octanol–water partition coefficient (Wildman–Crippen LogP) is 3.36. The van der Waals surface area contributed by atoms with Crippen LogP contribution in [0.5, 0.6) is 5.75 Å². The molecule has 0 radical (unpaired) electrons. The molecule has 0 aromatic heterocycles. The van der Waals surface area contributed by atoms with Gasteiger partial charge in [-0.25, -0.2) is 9.59 Å². The average Bonchev–Trinajstić information content (AvgIpc) is 2.54. The van der Waals surface area contributed by atoms with Crippen LogP contribution in [-0.4, -0.2) is 31.8 Å². The zero-order valence-electron chi connectivity index (χ0n) is 13.5. The molecule has 0 bridgehead atoms. The lowest BCUT2D eigenvalue weighted by molar-refractivity contribution is -0.151. The van der Waals surface area contributed by atoms with E-state index in [1.54, 1.807) is 31.2 Å². The van der Waals surface area contributed by atoms with Gasteiger partial charge in [-0.3, -0.25) is 0 Å². The second-order valence-corrected chi connectivity index (χ2v) is 4.84. The van der Waals surface area contributed by atoms with E-state index in [2.05, 4.69) is 6.92 Å². The Bertz CT molecular complexity index is 484. The highest BCUT2D eigenvalue weighted by atomic mass is 16.6. The molecule has 0 amide bonds. The number of methoxy groups -OCH3 is 1. The summed E-state index contributed by atoms with van der Waals surface area (Å²) in [5, 5.41) is 0. The van der Waals surface area contributed by atoms with Gasteiger partial charge in [-0.1, -0.05) is 31.9 Å². The summed E-state index contributed by atoms with van der Waals surface area (Å²) in [7, 11) is 1.31. The number of carbonyl (C=O) groups excluding carboxylic acids is 2. The molecule has 122 valence electrons. The number of para-hydroxylation sites is 1. The van der Waals surface area contributed by atoms with Crippen molar-refractivity contribution >= 4 is 11.9 Å². The summed E-state index contributed by atoms with van der Waals surface area (Å²) in [6, 6.07) is 6.72. The Morgan fingerprint density at radius 3 is 2.50 bits per heavy atom. The van der Waals surface area contributed by atoms with Crippen molar-refractivity contribution in [1.82, 2.24) is 0 Å². The molecule has 1 atom stereocenters. The van der Waals surface area contributed by atoms with E-state index in [0.29, 0.717) is 24.3 Å². The third-order valence-corrected chi connectivity index (χ3v) is 3.18. The second kappa shape index (κ2) is 9.82. The maximum Gasteiger partial charge on any atom is 0.347 e. The SMILES string of the molecule is CCCCCC(Oc1ccccc1C(=O)OC)C(=O)OCC. The Hall–Kier alpha value is -2.04. The van der Waals surface area contributed by atoms with E-state index in [1.807, 2.05) is 0 Å². The highest BCUT2D eigenvalue weighted by Crippen LogP contribution is 2.22. The molecule has 5 nitrogen and oxygen atoms in total. The molecule has 0 saturated carbocycles. The number of benzene rings is 1. The minimum Gasteiger partial charge on any atom is -0.478 e.